The quantitative estimate of drug-likeness (QED) is 0.891. The van der Waals surface area contributed by atoms with Crippen LogP contribution in [0.3, 0.4) is 0 Å². The van der Waals surface area contributed by atoms with Crippen LogP contribution in [0.1, 0.15) is 23.6 Å². The molecule has 1 unspecified atom stereocenters. The Bertz CT molecular complexity index is 620. The Morgan fingerprint density at radius 3 is 3.10 bits per heavy atom. The van der Waals surface area contributed by atoms with E-state index in [-0.39, 0.29) is 11.8 Å². The minimum absolute atomic E-state index is 0.0730. The average Bonchev–Trinajstić information content (AvgIpc) is 2.90. The minimum atomic E-state index is -0.0730. The van der Waals surface area contributed by atoms with Crippen LogP contribution in [-0.2, 0) is 18.4 Å². The van der Waals surface area contributed by atoms with Gasteiger partial charge in [0.25, 0.3) is 0 Å². The Morgan fingerprint density at radius 1 is 1.45 bits per heavy atom. The molecule has 1 aliphatic rings. The van der Waals surface area contributed by atoms with Crippen molar-refractivity contribution in [2.45, 2.75) is 18.9 Å². The van der Waals surface area contributed by atoms with Crippen LogP contribution < -0.4 is 10.6 Å². The van der Waals surface area contributed by atoms with Crippen molar-refractivity contribution >= 4 is 11.6 Å². The van der Waals surface area contributed by atoms with Crippen LogP contribution in [0.25, 0.3) is 0 Å². The number of benzene rings is 1. The first-order valence-corrected chi connectivity index (χ1v) is 6.83. The Balaban J connectivity index is 1.69. The van der Waals surface area contributed by atoms with Crippen LogP contribution in [0, 0.1) is 0 Å². The summed E-state index contributed by atoms with van der Waals surface area (Å²) in [4.78, 5) is 12.4. The van der Waals surface area contributed by atoms with E-state index >= 15 is 0 Å². The van der Waals surface area contributed by atoms with E-state index in [0.29, 0.717) is 6.54 Å². The maximum absolute atomic E-state index is 12.4. The van der Waals surface area contributed by atoms with Gasteiger partial charge in [-0.1, -0.05) is 18.2 Å². The first-order valence-electron chi connectivity index (χ1n) is 6.83. The van der Waals surface area contributed by atoms with Gasteiger partial charge in [-0.25, -0.2) is 0 Å². The summed E-state index contributed by atoms with van der Waals surface area (Å²) in [5.41, 5.74) is 3.03. The van der Waals surface area contributed by atoms with Crippen LogP contribution in [0.15, 0.2) is 36.5 Å². The second-order valence-electron chi connectivity index (χ2n) is 5.05. The summed E-state index contributed by atoms with van der Waals surface area (Å²) in [5, 5.41) is 10.6. The van der Waals surface area contributed by atoms with E-state index in [1.54, 1.807) is 4.68 Å². The first-order chi connectivity index (χ1) is 9.74. The zero-order chi connectivity index (χ0) is 13.9. The Kier molecular flexibility index (Phi) is 3.41. The summed E-state index contributed by atoms with van der Waals surface area (Å²) in [5.74, 6) is 0.000709. The molecule has 5 nitrogen and oxygen atoms in total. The molecule has 0 aliphatic carbocycles. The fourth-order valence-electron chi connectivity index (χ4n) is 2.60. The normalized spacial score (nSPS) is 17.1. The van der Waals surface area contributed by atoms with Crippen LogP contribution in [-0.4, -0.2) is 22.2 Å². The molecular weight excluding hydrogens is 252 g/mol. The predicted octanol–water partition coefficient (Wildman–Crippen LogP) is 1.64. The first kappa shape index (κ1) is 12.7. The highest BCUT2D eigenvalue weighted by Crippen LogP contribution is 2.31. The van der Waals surface area contributed by atoms with Crippen molar-refractivity contribution in [1.29, 1.82) is 0 Å². The molecule has 1 aromatic carbocycles. The van der Waals surface area contributed by atoms with Gasteiger partial charge in [0.15, 0.2) is 0 Å². The molecule has 20 heavy (non-hydrogen) atoms. The molecule has 1 aliphatic heterocycles. The predicted molar refractivity (Wildman–Crippen MR) is 77.3 cm³/mol. The van der Waals surface area contributed by atoms with Crippen molar-refractivity contribution in [2.24, 2.45) is 7.05 Å². The molecule has 0 saturated carbocycles. The van der Waals surface area contributed by atoms with Crippen LogP contribution in [0.2, 0.25) is 0 Å². The van der Waals surface area contributed by atoms with Crippen LogP contribution in [0.4, 0.5) is 5.69 Å². The van der Waals surface area contributed by atoms with E-state index in [4.69, 9.17) is 0 Å². The minimum Gasteiger partial charge on any atom is -0.385 e. The smallest absolute Gasteiger partial charge is 0.228 e. The van der Waals surface area contributed by atoms with Crippen molar-refractivity contribution in [3.8, 4) is 0 Å². The SMILES string of the molecule is Cn1ccc(CNC(=O)C2CCNc3ccccc32)n1. The number of amides is 1. The molecule has 0 spiro atoms. The van der Waals surface area contributed by atoms with Crippen LogP contribution in [0.5, 0.6) is 0 Å². The maximum Gasteiger partial charge on any atom is 0.228 e. The van der Waals surface area contributed by atoms with Gasteiger partial charge >= 0.3 is 0 Å². The van der Waals surface area contributed by atoms with Gasteiger partial charge in [0.05, 0.1) is 18.2 Å². The topological polar surface area (TPSA) is 59.0 Å². The molecule has 1 aromatic heterocycles. The lowest BCUT2D eigenvalue weighted by atomic mass is 9.90. The van der Waals surface area contributed by atoms with Gasteiger partial charge in [0.1, 0.15) is 0 Å². The number of anilines is 1. The van der Waals surface area contributed by atoms with E-state index in [9.17, 15) is 4.79 Å². The largest absolute Gasteiger partial charge is 0.385 e. The Hall–Kier alpha value is -2.30. The Morgan fingerprint density at radius 2 is 2.30 bits per heavy atom. The number of carbonyl (C=O) groups excluding carboxylic acids is 1. The third-order valence-corrected chi connectivity index (χ3v) is 3.61. The highest BCUT2D eigenvalue weighted by Gasteiger charge is 2.25. The lowest BCUT2D eigenvalue weighted by Gasteiger charge is -2.25. The molecule has 0 bridgehead atoms. The lowest BCUT2D eigenvalue weighted by Crippen LogP contribution is -2.32. The monoisotopic (exact) mass is 270 g/mol. The van der Waals surface area contributed by atoms with Crippen LogP contribution >= 0.6 is 0 Å². The molecule has 2 heterocycles. The number of para-hydroxylation sites is 1. The molecule has 1 amide bonds. The summed E-state index contributed by atoms with van der Waals surface area (Å²) >= 11 is 0. The molecule has 3 rings (SSSR count). The van der Waals surface area contributed by atoms with Gasteiger partial charge in [-0.15, -0.1) is 0 Å². The second-order valence-corrected chi connectivity index (χ2v) is 5.05. The van der Waals surface area contributed by atoms with Crippen molar-refractivity contribution < 1.29 is 4.79 Å². The Labute approximate surface area is 118 Å². The number of fused-ring (bicyclic) bond motifs is 1. The van der Waals surface area contributed by atoms with Crippen molar-refractivity contribution in [3.63, 3.8) is 0 Å². The number of aryl methyl sites for hydroxylation is 1. The molecule has 2 N–H and O–H groups in total. The third-order valence-electron chi connectivity index (χ3n) is 3.61. The van der Waals surface area contributed by atoms with Gasteiger partial charge < -0.3 is 10.6 Å². The molecule has 0 fully saturated rings. The summed E-state index contributed by atoms with van der Waals surface area (Å²) in [6.07, 6.45) is 2.70. The summed E-state index contributed by atoms with van der Waals surface area (Å²) in [6, 6.07) is 9.92. The molecule has 0 radical (unpaired) electrons. The fraction of sp³-hybridized carbons (Fsp3) is 0.333. The number of carbonyl (C=O) groups is 1. The van der Waals surface area contributed by atoms with E-state index < -0.39 is 0 Å². The van der Waals surface area contributed by atoms with E-state index in [1.165, 1.54) is 0 Å². The maximum atomic E-state index is 12.4. The molecule has 104 valence electrons. The molecular formula is C15H18N4O. The van der Waals surface area contributed by atoms with Crippen molar-refractivity contribution in [3.05, 3.63) is 47.8 Å². The van der Waals surface area contributed by atoms with Gasteiger partial charge in [-0.05, 0) is 24.1 Å². The van der Waals surface area contributed by atoms with Crippen molar-refractivity contribution in [2.75, 3.05) is 11.9 Å². The summed E-state index contributed by atoms with van der Waals surface area (Å²) < 4.78 is 1.74. The number of nitrogens with zero attached hydrogens (tertiary/aromatic N) is 2. The summed E-state index contributed by atoms with van der Waals surface area (Å²) in [7, 11) is 1.87. The molecule has 5 heteroatoms. The number of hydrogen-bond donors (Lipinski definition) is 2. The van der Waals surface area contributed by atoms with E-state index in [1.807, 2.05) is 43.6 Å². The van der Waals surface area contributed by atoms with Crippen molar-refractivity contribution in [1.82, 2.24) is 15.1 Å². The van der Waals surface area contributed by atoms with Gasteiger partial charge in [-0.3, -0.25) is 9.48 Å². The zero-order valence-electron chi connectivity index (χ0n) is 11.5. The number of aromatic nitrogens is 2. The standard InChI is InChI=1S/C15H18N4O/c1-19-9-7-11(18-19)10-17-15(20)13-6-8-16-14-5-3-2-4-12(13)14/h2-5,7,9,13,16H,6,8,10H2,1H3,(H,17,20). The second kappa shape index (κ2) is 5.36. The molecule has 1 atom stereocenters. The zero-order valence-corrected chi connectivity index (χ0v) is 11.5. The number of hydrogen-bond acceptors (Lipinski definition) is 3. The highest BCUT2D eigenvalue weighted by atomic mass is 16.1. The van der Waals surface area contributed by atoms with Gasteiger partial charge in [0.2, 0.25) is 5.91 Å². The van der Waals surface area contributed by atoms with Gasteiger partial charge in [0, 0.05) is 25.5 Å². The molecule has 2 aromatic rings. The highest BCUT2D eigenvalue weighted by molar-refractivity contribution is 5.86. The fourth-order valence-corrected chi connectivity index (χ4v) is 2.60. The third kappa shape index (κ3) is 2.52. The van der Waals surface area contributed by atoms with E-state index in [2.05, 4.69) is 15.7 Å². The van der Waals surface area contributed by atoms with Gasteiger partial charge in [-0.2, -0.15) is 5.10 Å². The number of nitrogens with one attached hydrogen (secondary N) is 2. The number of rotatable bonds is 3. The lowest BCUT2D eigenvalue weighted by molar-refractivity contribution is -0.122. The summed E-state index contributed by atoms with van der Waals surface area (Å²) in [6.45, 7) is 1.31. The van der Waals surface area contributed by atoms with E-state index in [0.717, 1.165) is 29.9 Å². The molecule has 0 saturated heterocycles. The average molecular weight is 270 g/mol.